The minimum atomic E-state index is -1.01. The van der Waals surface area contributed by atoms with E-state index in [2.05, 4.69) is 47.2 Å². The minimum absolute atomic E-state index is 0.0712. The summed E-state index contributed by atoms with van der Waals surface area (Å²) in [6, 6.07) is 21.8. The van der Waals surface area contributed by atoms with Crippen molar-refractivity contribution in [2.75, 3.05) is 0 Å². The maximum atomic E-state index is 11.3. The third-order valence-electron chi connectivity index (χ3n) is 4.83. The summed E-state index contributed by atoms with van der Waals surface area (Å²) in [5.74, 6) is -1.01. The van der Waals surface area contributed by atoms with Crippen molar-refractivity contribution in [1.29, 1.82) is 0 Å². The fourth-order valence-electron chi connectivity index (χ4n) is 3.44. The number of pyridine rings is 1. The lowest BCUT2D eigenvalue weighted by molar-refractivity contribution is 0.0690. The second-order valence-electron chi connectivity index (χ2n) is 6.57. The molecular weight excluding hydrogens is 336 g/mol. The summed E-state index contributed by atoms with van der Waals surface area (Å²) in [6.45, 7) is 2.14. The number of benzene rings is 2. The molecule has 0 amide bonds. The molecule has 4 rings (SSSR count). The lowest BCUT2D eigenvalue weighted by atomic mass is 10.00. The molecule has 27 heavy (non-hydrogen) atoms. The molecular formula is C23H20N2O2. The van der Waals surface area contributed by atoms with Crippen molar-refractivity contribution >= 4 is 16.9 Å². The molecule has 0 unspecified atom stereocenters. The highest BCUT2D eigenvalue weighted by Gasteiger charge is 2.15. The molecule has 0 saturated heterocycles. The number of carboxylic acid groups (broad SMARTS) is 1. The highest BCUT2D eigenvalue weighted by atomic mass is 16.4. The first-order valence-electron chi connectivity index (χ1n) is 9.04. The van der Waals surface area contributed by atoms with Crippen LogP contribution in [0.25, 0.3) is 22.2 Å². The Balaban J connectivity index is 1.87. The predicted molar refractivity (Wildman–Crippen MR) is 107 cm³/mol. The summed E-state index contributed by atoms with van der Waals surface area (Å²) in [7, 11) is 0. The van der Waals surface area contributed by atoms with Gasteiger partial charge in [0.05, 0.1) is 5.69 Å². The Morgan fingerprint density at radius 3 is 2.59 bits per heavy atom. The number of aromatic carboxylic acids is 1. The number of hydrogen-bond acceptors (Lipinski definition) is 2. The number of carboxylic acids is 1. The van der Waals surface area contributed by atoms with Crippen LogP contribution in [0.5, 0.6) is 0 Å². The van der Waals surface area contributed by atoms with E-state index in [1.807, 2.05) is 24.3 Å². The Morgan fingerprint density at radius 2 is 1.85 bits per heavy atom. The van der Waals surface area contributed by atoms with Crippen LogP contribution >= 0.6 is 0 Å². The quantitative estimate of drug-likeness (QED) is 0.524. The van der Waals surface area contributed by atoms with Crippen LogP contribution < -0.4 is 0 Å². The highest BCUT2D eigenvalue weighted by molar-refractivity contribution is 5.91. The van der Waals surface area contributed by atoms with Crippen LogP contribution in [0, 0.1) is 0 Å². The molecule has 0 radical (unpaired) electrons. The Hall–Kier alpha value is -3.40. The van der Waals surface area contributed by atoms with Crippen LogP contribution in [-0.4, -0.2) is 21.0 Å². The first-order valence-corrected chi connectivity index (χ1v) is 9.04. The van der Waals surface area contributed by atoms with Gasteiger partial charge in [-0.1, -0.05) is 55.5 Å². The van der Waals surface area contributed by atoms with Gasteiger partial charge in [0.2, 0.25) is 0 Å². The van der Waals surface area contributed by atoms with Gasteiger partial charge in [0.1, 0.15) is 5.69 Å². The van der Waals surface area contributed by atoms with Crippen molar-refractivity contribution in [3.63, 3.8) is 0 Å². The number of aryl methyl sites for hydroxylation is 1. The summed E-state index contributed by atoms with van der Waals surface area (Å²) < 4.78 is 0. The smallest absolute Gasteiger partial charge is 0.354 e. The highest BCUT2D eigenvalue weighted by Crippen LogP contribution is 2.32. The maximum absolute atomic E-state index is 11.3. The summed E-state index contributed by atoms with van der Waals surface area (Å²) in [5, 5.41) is 10.4. The number of carbonyl (C=O) groups is 1. The van der Waals surface area contributed by atoms with E-state index in [-0.39, 0.29) is 5.69 Å². The van der Waals surface area contributed by atoms with Crippen LogP contribution in [0.4, 0.5) is 0 Å². The van der Waals surface area contributed by atoms with E-state index in [4.69, 9.17) is 0 Å². The van der Waals surface area contributed by atoms with Crippen LogP contribution in [-0.2, 0) is 12.8 Å². The molecule has 0 bridgehead atoms. The summed E-state index contributed by atoms with van der Waals surface area (Å²) in [4.78, 5) is 19.1. The van der Waals surface area contributed by atoms with Crippen molar-refractivity contribution in [3.05, 3.63) is 89.2 Å². The summed E-state index contributed by atoms with van der Waals surface area (Å²) in [6.07, 6.45) is 1.55. The number of nitrogens with zero attached hydrogens (tertiary/aromatic N) is 1. The Bertz CT molecular complexity index is 1110. The zero-order chi connectivity index (χ0) is 18.8. The Kier molecular flexibility index (Phi) is 4.47. The number of nitrogens with one attached hydrogen (secondary N) is 1. The van der Waals surface area contributed by atoms with Crippen LogP contribution in [0.3, 0.4) is 0 Å². The first-order chi connectivity index (χ1) is 13.2. The second kappa shape index (κ2) is 7.08. The Morgan fingerprint density at radius 1 is 1.04 bits per heavy atom. The number of hydrogen-bond donors (Lipinski definition) is 2. The minimum Gasteiger partial charge on any atom is -0.477 e. The molecule has 0 spiro atoms. The van der Waals surface area contributed by atoms with E-state index in [0.29, 0.717) is 6.42 Å². The second-order valence-corrected chi connectivity index (χ2v) is 6.57. The van der Waals surface area contributed by atoms with Crippen molar-refractivity contribution in [3.8, 4) is 11.3 Å². The van der Waals surface area contributed by atoms with Crippen LogP contribution in [0.15, 0.2) is 66.7 Å². The average Bonchev–Trinajstić information content (AvgIpc) is 3.06. The van der Waals surface area contributed by atoms with E-state index in [1.165, 1.54) is 11.6 Å². The largest absolute Gasteiger partial charge is 0.477 e. The van der Waals surface area contributed by atoms with Crippen LogP contribution in [0.2, 0.25) is 0 Å². The number of rotatable bonds is 5. The third kappa shape index (κ3) is 3.34. The average molecular weight is 356 g/mol. The van der Waals surface area contributed by atoms with Gasteiger partial charge in [0.15, 0.2) is 0 Å². The number of fused-ring (bicyclic) bond motifs is 1. The van der Waals surface area contributed by atoms with Gasteiger partial charge >= 0.3 is 5.97 Å². The molecule has 0 saturated carbocycles. The molecule has 4 nitrogen and oxygen atoms in total. The van der Waals surface area contributed by atoms with E-state index < -0.39 is 5.97 Å². The van der Waals surface area contributed by atoms with Gasteiger partial charge in [0, 0.05) is 23.0 Å². The molecule has 2 heterocycles. The van der Waals surface area contributed by atoms with Gasteiger partial charge in [-0.2, -0.15) is 0 Å². The standard InChI is InChI=1S/C23H20N2O2/c1-2-15-11-12-18-19(14-17-9-6-10-20(24-17)23(26)27)22(25-21(18)13-15)16-7-4-3-5-8-16/h3-13,25H,2,14H2,1H3,(H,26,27). The van der Waals surface area contributed by atoms with Gasteiger partial charge in [0.25, 0.3) is 0 Å². The number of aromatic amines is 1. The molecule has 4 aromatic rings. The molecule has 134 valence electrons. The molecule has 2 aromatic carbocycles. The van der Waals surface area contributed by atoms with Crippen molar-refractivity contribution in [2.24, 2.45) is 0 Å². The molecule has 2 aromatic heterocycles. The molecule has 0 fully saturated rings. The van der Waals surface area contributed by atoms with Gasteiger partial charge in [-0.25, -0.2) is 9.78 Å². The van der Waals surface area contributed by atoms with Gasteiger partial charge in [-0.3, -0.25) is 0 Å². The lowest BCUT2D eigenvalue weighted by Crippen LogP contribution is -2.03. The van der Waals surface area contributed by atoms with Crippen LogP contribution in [0.1, 0.15) is 34.2 Å². The molecule has 0 aliphatic rings. The van der Waals surface area contributed by atoms with Gasteiger partial charge in [-0.05, 0) is 41.3 Å². The van der Waals surface area contributed by atoms with Crippen molar-refractivity contribution < 1.29 is 9.90 Å². The zero-order valence-corrected chi connectivity index (χ0v) is 15.1. The normalized spacial score (nSPS) is 11.0. The Labute approximate surface area is 157 Å². The lowest BCUT2D eigenvalue weighted by Gasteiger charge is -2.06. The SMILES string of the molecule is CCc1ccc2c(Cc3cccc(C(=O)O)n3)c(-c3ccccc3)[nH]c2c1. The van der Waals surface area contributed by atoms with Crippen molar-refractivity contribution in [2.45, 2.75) is 19.8 Å². The number of H-pyrrole nitrogens is 1. The number of aromatic nitrogens is 2. The van der Waals surface area contributed by atoms with Gasteiger partial charge in [-0.15, -0.1) is 0 Å². The van der Waals surface area contributed by atoms with E-state index in [0.717, 1.165) is 39.8 Å². The molecule has 2 N–H and O–H groups in total. The van der Waals surface area contributed by atoms with E-state index in [9.17, 15) is 9.90 Å². The monoisotopic (exact) mass is 356 g/mol. The topological polar surface area (TPSA) is 66.0 Å². The summed E-state index contributed by atoms with van der Waals surface area (Å²) >= 11 is 0. The zero-order valence-electron chi connectivity index (χ0n) is 15.1. The molecule has 4 heteroatoms. The fraction of sp³-hybridized carbons (Fsp3) is 0.130. The van der Waals surface area contributed by atoms with Crippen molar-refractivity contribution in [1.82, 2.24) is 9.97 Å². The van der Waals surface area contributed by atoms with E-state index >= 15 is 0 Å². The fourth-order valence-corrected chi connectivity index (χ4v) is 3.44. The maximum Gasteiger partial charge on any atom is 0.354 e. The third-order valence-corrected chi connectivity index (χ3v) is 4.83. The molecule has 0 aliphatic heterocycles. The summed E-state index contributed by atoms with van der Waals surface area (Å²) in [5.41, 5.74) is 6.49. The van der Waals surface area contributed by atoms with E-state index in [1.54, 1.807) is 6.07 Å². The van der Waals surface area contributed by atoms with Gasteiger partial charge < -0.3 is 10.1 Å². The first kappa shape index (κ1) is 17.0. The predicted octanol–water partition coefficient (Wildman–Crippen LogP) is 5.08. The molecule has 0 aliphatic carbocycles. The molecule has 0 atom stereocenters.